The fourth-order valence-electron chi connectivity index (χ4n) is 4.36. The van der Waals surface area contributed by atoms with E-state index in [0.717, 1.165) is 43.5 Å². The molecular weight excluding hydrogens is 386 g/mol. The molecule has 0 radical (unpaired) electrons. The predicted molar refractivity (Wildman–Crippen MR) is 124 cm³/mol. The van der Waals surface area contributed by atoms with Crippen LogP contribution in [-0.2, 0) is 6.54 Å². The van der Waals surface area contributed by atoms with Crippen molar-refractivity contribution in [3.8, 4) is 0 Å². The summed E-state index contributed by atoms with van der Waals surface area (Å²) >= 11 is 0. The molecule has 1 aliphatic heterocycles. The normalized spacial score (nSPS) is 16.8. The first-order valence-corrected chi connectivity index (χ1v) is 11.4. The molecule has 2 aliphatic rings. The third kappa shape index (κ3) is 5.54. The number of allylic oxidation sites excluding steroid dienone is 1. The van der Waals surface area contributed by atoms with Gasteiger partial charge < -0.3 is 10.2 Å². The Balaban J connectivity index is 1.38. The highest BCUT2D eigenvalue weighted by Crippen LogP contribution is 2.23. The molecule has 4 rings (SSSR count). The lowest BCUT2D eigenvalue weighted by molar-refractivity contribution is 0.0954. The van der Waals surface area contributed by atoms with Gasteiger partial charge in [-0.3, -0.25) is 9.69 Å². The Morgan fingerprint density at radius 2 is 1.84 bits per heavy atom. The van der Waals surface area contributed by atoms with Gasteiger partial charge in [0.05, 0.1) is 0 Å². The molecule has 0 atom stereocenters. The van der Waals surface area contributed by atoms with Gasteiger partial charge in [-0.2, -0.15) is 0 Å². The molecule has 1 heterocycles. The van der Waals surface area contributed by atoms with Gasteiger partial charge in [-0.25, -0.2) is 4.79 Å². The molecule has 31 heavy (non-hydrogen) atoms. The zero-order chi connectivity index (χ0) is 21.5. The van der Waals surface area contributed by atoms with Crippen molar-refractivity contribution in [1.82, 2.24) is 10.2 Å². The molecule has 2 aromatic rings. The summed E-state index contributed by atoms with van der Waals surface area (Å²) in [6.07, 6.45) is 9.00. The number of benzene rings is 2. The van der Waals surface area contributed by atoms with Crippen LogP contribution >= 0.6 is 0 Å². The largest absolute Gasteiger partial charge is 0.352 e. The number of carbonyl (C=O) groups excluding carboxylic acids is 2. The minimum atomic E-state index is -0.0798. The van der Waals surface area contributed by atoms with Crippen LogP contribution < -0.4 is 10.2 Å². The summed E-state index contributed by atoms with van der Waals surface area (Å²) in [5.74, 6) is -0.0798. The second-order valence-corrected chi connectivity index (χ2v) is 8.36. The number of urea groups is 1. The number of hydrogen-bond donors (Lipinski definition) is 1. The van der Waals surface area contributed by atoms with Gasteiger partial charge in [0.2, 0.25) is 0 Å². The van der Waals surface area contributed by atoms with Crippen molar-refractivity contribution >= 4 is 17.6 Å². The number of amides is 3. The Labute approximate surface area is 184 Å². The molecule has 1 aliphatic carbocycles. The third-order valence-corrected chi connectivity index (χ3v) is 6.06. The van der Waals surface area contributed by atoms with Crippen molar-refractivity contribution in [3.63, 3.8) is 0 Å². The summed E-state index contributed by atoms with van der Waals surface area (Å²) in [5, 5.41) is 3.04. The Morgan fingerprint density at radius 3 is 2.65 bits per heavy atom. The molecule has 2 aromatic carbocycles. The highest BCUT2D eigenvalue weighted by Gasteiger charge is 2.27. The maximum absolute atomic E-state index is 13.1. The quantitative estimate of drug-likeness (QED) is 0.634. The van der Waals surface area contributed by atoms with E-state index in [1.54, 1.807) is 4.90 Å². The number of anilines is 1. The standard InChI is InChI=1S/C26H31N3O2/c30-25(27-16-15-21-9-3-1-4-10-21)23-13-7-14-24(19-23)29-18-8-17-28(26(29)31)20-22-11-5-2-6-12-22/h2,5-7,9,11-14,19H,1,3-4,8,10,15-18,20H2,(H,27,30). The SMILES string of the molecule is O=C(NCCC1=CCCCC1)c1cccc(N2CCCN(Cc3ccccc3)C2=O)c1. The van der Waals surface area contributed by atoms with Gasteiger partial charge in [0, 0.05) is 37.4 Å². The third-order valence-electron chi connectivity index (χ3n) is 6.06. The molecule has 1 fully saturated rings. The van der Waals surface area contributed by atoms with Crippen LogP contribution in [0.3, 0.4) is 0 Å². The molecule has 3 amide bonds. The first-order valence-electron chi connectivity index (χ1n) is 11.4. The smallest absolute Gasteiger partial charge is 0.324 e. The Kier molecular flexibility index (Phi) is 7.03. The van der Waals surface area contributed by atoms with Crippen LogP contribution in [0.2, 0.25) is 0 Å². The Hall–Kier alpha value is -3.08. The first-order chi connectivity index (χ1) is 15.2. The van der Waals surface area contributed by atoms with Crippen molar-refractivity contribution in [1.29, 1.82) is 0 Å². The average Bonchev–Trinajstić information content (AvgIpc) is 2.82. The molecule has 5 heteroatoms. The maximum atomic E-state index is 13.1. The molecule has 0 saturated carbocycles. The number of carbonyl (C=O) groups is 2. The van der Waals surface area contributed by atoms with Gasteiger partial charge in [0.15, 0.2) is 0 Å². The van der Waals surface area contributed by atoms with Gasteiger partial charge in [-0.05, 0) is 62.3 Å². The fourth-order valence-corrected chi connectivity index (χ4v) is 4.36. The lowest BCUT2D eigenvalue weighted by Crippen LogP contribution is -2.49. The van der Waals surface area contributed by atoms with E-state index < -0.39 is 0 Å². The molecular formula is C26H31N3O2. The minimum absolute atomic E-state index is 0.00287. The summed E-state index contributed by atoms with van der Waals surface area (Å²) in [6, 6.07) is 17.5. The summed E-state index contributed by atoms with van der Waals surface area (Å²) in [4.78, 5) is 29.4. The van der Waals surface area contributed by atoms with E-state index in [-0.39, 0.29) is 11.9 Å². The van der Waals surface area contributed by atoms with Gasteiger partial charge >= 0.3 is 6.03 Å². The van der Waals surface area contributed by atoms with Crippen molar-refractivity contribution in [3.05, 3.63) is 77.4 Å². The molecule has 0 spiro atoms. The van der Waals surface area contributed by atoms with Crippen LogP contribution in [0.4, 0.5) is 10.5 Å². The van der Waals surface area contributed by atoms with E-state index in [1.807, 2.05) is 59.5 Å². The van der Waals surface area contributed by atoms with E-state index in [9.17, 15) is 9.59 Å². The maximum Gasteiger partial charge on any atom is 0.324 e. The zero-order valence-corrected chi connectivity index (χ0v) is 18.1. The van der Waals surface area contributed by atoms with E-state index >= 15 is 0 Å². The predicted octanol–water partition coefficient (Wildman–Crippen LogP) is 5.14. The number of nitrogens with zero attached hydrogens (tertiary/aromatic N) is 2. The van der Waals surface area contributed by atoms with Crippen molar-refractivity contribution in [2.45, 2.75) is 45.1 Å². The molecule has 1 saturated heterocycles. The van der Waals surface area contributed by atoms with E-state index in [2.05, 4.69) is 11.4 Å². The monoisotopic (exact) mass is 417 g/mol. The Morgan fingerprint density at radius 1 is 0.968 bits per heavy atom. The van der Waals surface area contributed by atoms with Gasteiger partial charge in [-0.15, -0.1) is 0 Å². The minimum Gasteiger partial charge on any atom is -0.352 e. The van der Waals surface area contributed by atoms with E-state index in [0.29, 0.717) is 25.2 Å². The Bertz CT molecular complexity index is 939. The van der Waals surface area contributed by atoms with Gasteiger partial charge in [0.25, 0.3) is 5.91 Å². The van der Waals surface area contributed by atoms with Crippen molar-refractivity contribution in [2.24, 2.45) is 0 Å². The van der Waals surface area contributed by atoms with Crippen LogP contribution in [0.25, 0.3) is 0 Å². The molecule has 5 nitrogen and oxygen atoms in total. The van der Waals surface area contributed by atoms with E-state index in [4.69, 9.17) is 0 Å². The number of rotatable bonds is 7. The summed E-state index contributed by atoms with van der Waals surface area (Å²) in [6.45, 7) is 2.68. The number of nitrogens with one attached hydrogen (secondary N) is 1. The molecule has 162 valence electrons. The van der Waals surface area contributed by atoms with Crippen LogP contribution in [-0.4, -0.2) is 36.5 Å². The molecule has 0 unspecified atom stereocenters. The fraction of sp³-hybridized carbons (Fsp3) is 0.385. The number of hydrogen-bond acceptors (Lipinski definition) is 2. The summed E-state index contributed by atoms with van der Waals surface area (Å²) < 4.78 is 0. The van der Waals surface area contributed by atoms with E-state index in [1.165, 1.54) is 18.4 Å². The highest BCUT2D eigenvalue weighted by molar-refractivity contribution is 5.98. The molecule has 0 bridgehead atoms. The first kappa shape index (κ1) is 21.2. The molecule has 0 aromatic heterocycles. The summed E-state index contributed by atoms with van der Waals surface area (Å²) in [5.41, 5.74) is 3.96. The highest BCUT2D eigenvalue weighted by atomic mass is 16.2. The van der Waals surface area contributed by atoms with Crippen LogP contribution in [0.15, 0.2) is 66.2 Å². The second-order valence-electron chi connectivity index (χ2n) is 8.36. The lowest BCUT2D eigenvalue weighted by Gasteiger charge is -2.35. The molecule has 1 N–H and O–H groups in total. The van der Waals surface area contributed by atoms with Crippen LogP contribution in [0.5, 0.6) is 0 Å². The van der Waals surface area contributed by atoms with Crippen LogP contribution in [0.1, 0.15) is 54.4 Å². The van der Waals surface area contributed by atoms with Gasteiger partial charge in [0.1, 0.15) is 0 Å². The van der Waals surface area contributed by atoms with Gasteiger partial charge in [-0.1, -0.05) is 48.0 Å². The second kappa shape index (κ2) is 10.3. The zero-order valence-electron chi connectivity index (χ0n) is 18.1. The van der Waals surface area contributed by atoms with Crippen molar-refractivity contribution < 1.29 is 9.59 Å². The van der Waals surface area contributed by atoms with Crippen molar-refractivity contribution in [2.75, 3.05) is 24.5 Å². The summed E-state index contributed by atoms with van der Waals surface area (Å²) in [7, 11) is 0. The topological polar surface area (TPSA) is 52.7 Å². The average molecular weight is 418 g/mol. The lowest BCUT2D eigenvalue weighted by atomic mass is 9.97. The van der Waals surface area contributed by atoms with Crippen LogP contribution in [0, 0.1) is 0 Å².